The molecule has 0 saturated carbocycles. The zero-order valence-electron chi connectivity index (χ0n) is 13.3. The minimum atomic E-state index is -0.517. The third kappa shape index (κ3) is 2.79. The highest BCUT2D eigenvalue weighted by Gasteiger charge is 2.25. The summed E-state index contributed by atoms with van der Waals surface area (Å²) in [5.74, 6) is 0.669. The second kappa shape index (κ2) is 7.05. The number of isocyanates is 2. The van der Waals surface area contributed by atoms with E-state index in [-0.39, 0.29) is 0 Å². The molecule has 0 radical (unpaired) electrons. The molecule has 2 aromatic carbocycles. The summed E-state index contributed by atoms with van der Waals surface area (Å²) < 4.78 is 5.90. The zero-order chi connectivity index (χ0) is 16.9. The smallest absolute Gasteiger partial charge is 0.240 e. The first-order valence-electron chi connectivity index (χ1n) is 7.85. The zero-order valence-corrected chi connectivity index (χ0v) is 13.3. The molecule has 0 aliphatic heterocycles. The van der Waals surface area contributed by atoms with E-state index in [9.17, 15) is 9.59 Å². The van der Waals surface area contributed by atoms with Crippen molar-refractivity contribution in [3.05, 3.63) is 47.5 Å². The number of hydrogen-bond acceptors (Lipinski definition) is 5. The van der Waals surface area contributed by atoms with Crippen LogP contribution in [0.15, 0.2) is 46.4 Å². The minimum Gasteiger partial charge on any atom is -0.493 e. The third-order valence-electron chi connectivity index (χ3n) is 4.04. The second-order valence-electron chi connectivity index (χ2n) is 5.51. The predicted octanol–water partition coefficient (Wildman–Crippen LogP) is 4.09. The summed E-state index contributed by atoms with van der Waals surface area (Å²) in [4.78, 5) is 29.3. The summed E-state index contributed by atoms with van der Waals surface area (Å²) >= 11 is 0. The molecule has 1 aliphatic carbocycles. The fourth-order valence-corrected chi connectivity index (χ4v) is 2.96. The van der Waals surface area contributed by atoms with Gasteiger partial charge in [-0.15, -0.1) is 0 Å². The fraction of sp³-hybridized carbons (Fsp3) is 0.263. The van der Waals surface area contributed by atoms with Crippen molar-refractivity contribution >= 4 is 28.6 Å². The van der Waals surface area contributed by atoms with E-state index >= 15 is 0 Å². The molecule has 1 aliphatic rings. The Morgan fingerprint density at radius 3 is 2.79 bits per heavy atom. The van der Waals surface area contributed by atoms with Crippen molar-refractivity contribution in [2.75, 3.05) is 6.61 Å². The Balaban J connectivity index is 2.26. The van der Waals surface area contributed by atoms with Crippen LogP contribution in [0, 0.1) is 0 Å². The quantitative estimate of drug-likeness (QED) is 0.457. The topological polar surface area (TPSA) is 68.1 Å². The summed E-state index contributed by atoms with van der Waals surface area (Å²) in [5.41, 5.74) is 2.04. The molecule has 0 heterocycles. The van der Waals surface area contributed by atoms with Gasteiger partial charge in [0.25, 0.3) is 0 Å². The molecule has 1 unspecified atom stereocenters. The lowest BCUT2D eigenvalue weighted by Crippen LogP contribution is -2.06. The number of hydrogen-bond donors (Lipinski definition) is 0. The molecule has 0 bridgehead atoms. The van der Waals surface area contributed by atoms with E-state index < -0.39 is 6.04 Å². The number of ether oxygens (including phenoxy) is 1. The van der Waals surface area contributed by atoms with Gasteiger partial charge in [0.2, 0.25) is 12.2 Å². The number of rotatable bonds is 6. The van der Waals surface area contributed by atoms with Crippen LogP contribution in [0.3, 0.4) is 0 Å². The molecule has 0 N–H and O–H groups in total. The number of carbonyl (C=O) groups excluding carboxylic acids is 2. The normalized spacial score (nSPS) is 15.2. The number of benzene rings is 2. The predicted molar refractivity (Wildman–Crippen MR) is 91.3 cm³/mol. The van der Waals surface area contributed by atoms with Crippen molar-refractivity contribution in [1.29, 1.82) is 0 Å². The maximum atomic E-state index is 10.9. The second-order valence-corrected chi connectivity index (χ2v) is 5.51. The average Bonchev–Trinajstić information content (AvgIpc) is 2.60. The molecule has 2 aromatic rings. The maximum Gasteiger partial charge on any atom is 0.240 e. The highest BCUT2D eigenvalue weighted by Crippen LogP contribution is 2.43. The van der Waals surface area contributed by atoms with E-state index in [1.165, 1.54) is 0 Å². The Kier molecular flexibility index (Phi) is 4.66. The minimum absolute atomic E-state index is 0.421. The molecular weight excluding hydrogens is 304 g/mol. The van der Waals surface area contributed by atoms with Crippen LogP contribution in [0.2, 0.25) is 0 Å². The van der Waals surface area contributed by atoms with Gasteiger partial charge < -0.3 is 4.74 Å². The van der Waals surface area contributed by atoms with Gasteiger partial charge in [-0.2, -0.15) is 9.98 Å². The van der Waals surface area contributed by atoms with Gasteiger partial charge in [0.1, 0.15) is 11.8 Å². The number of unbranched alkanes of at least 4 members (excludes halogenated alkanes) is 1. The van der Waals surface area contributed by atoms with Gasteiger partial charge in [0, 0.05) is 5.39 Å². The van der Waals surface area contributed by atoms with Crippen molar-refractivity contribution in [2.24, 2.45) is 9.98 Å². The largest absolute Gasteiger partial charge is 0.493 e. The van der Waals surface area contributed by atoms with Crippen LogP contribution in [0.1, 0.15) is 36.9 Å². The Morgan fingerprint density at radius 1 is 1.17 bits per heavy atom. The molecule has 0 fully saturated rings. The Hall–Kier alpha value is -3.00. The molecule has 5 heteroatoms. The van der Waals surface area contributed by atoms with Gasteiger partial charge >= 0.3 is 0 Å². The lowest BCUT2D eigenvalue weighted by Gasteiger charge is -2.22. The van der Waals surface area contributed by atoms with E-state index in [0.29, 0.717) is 18.1 Å². The monoisotopic (exact) mass is 320 g/mol. The third-order valence-corrected chi connectivity index (χ3v) is 4.04. The van der Waals surface area contributed by atoms with Crippen molar-refractivity contribution in [3.63, 3.8) is 0 Å². The number of nitrogens with zero attached hydrogens (tertiary/aromatic N) is 2. The molecule has 120 valence electrons. The Morgan fingerprint density at radius 2 is 2.04 bits per heavy atom. The van der Waals surface area contributed by atoms with Gasteiger partial charge in [0.15, 0.2) is 0 Å². The summed E-state index contributed by atoms with van der Waals surface area (Å²) in [7, 11) is 0. The Bertz CT molecular complexity index is 904. The SMILES string of the molecule is CCCCOc1ccc2cccc3c2c1C(N=C=O)=CC3N=C=O. The van der Waals surface area contributed by atoms with E-state index in [1.807, 2.05) is 30.3 Å². The van der Waals surface area contributed by atoms with Crippen molar-refractivity contribution in [1.82, 2.24) is 0 Å². The molecule has 5 nitrogen and oxygen atoms in total. The summed E-state index contributed by atoms with van der Waals surface area (Å²) in [5, 5.41) is 1.87. The van der Waals surface area contributed by atoms with Crippen molar-refractivity contribution in [3.8, 4) is 5.75 Å². The summed E-state index contributed by atoms with van der Waals surface area (Å²) in [6, 6.07) is 9.11. The lowest BCUT2D eigenvalue weighted by molar-refractivity contribution is 0.309. The first-order chi connectivity index (χ1) is 11.8. The highest BCUT2D eigenvalue weighted by molar-refractivity contribution is 6.01. The first-order valence-corrected chi connectivity index (χ1v) is 7.85. The van der Waals surface area contributed by atoms with E-state index in [0.717, 1.165) is 34.7 Å². The molecule has 0 aromatic heterocycles. The van der Waals surface area contributed by atoms with Crippen LogP contribution in [0.25, 0.3) is 16.5 Å². The van der Waals surface area contributed by atoms with Crippen LogP contribution >= 0.6 is 0 Å². The maximum absolute atomic E-state index is 10.9. The van der Waals surface area contributed by atoms with E-state index in [4.69, 9.17) is 4.74 Å². The molecule has 0 amide bonds. The van der Waals surface area contributed by atoms with Crippen LogP contribution in [0.4, 0.5) is 0 Å². The van der Waals surface area contributed by atoms with Crippen molar-refractivity contribution in [2.45, 2.75) is 25.8 Å². The molecule has 24 heavy (non-hydrogen) atoms. The molecule has 0 saturated heterocycles. The lowest BCUT2D eigenvalue weighted by atomic mass is 9.88. The van der Waals surface area contributed by atoms with Gasteiger partial charge in [-0.1, -0.05) is 37.6 Å². The molecule has 1 atom stereocenters. The van der Waals surface area contributed by atoms with Crippen LogP contribution in [-0.4, -0.2) is 18.8 Å². The van der Waals surface area contributed by atoms with Crippen LogP contribution < -0.4 is 4.74 Å². The van der Waals surface area contributed by atoms with Gasteiger partial charge in [-0.25, -0.2) is 9.59 Å². The average molecular weight is 320 g/mol. The van der Waals surface area contributed by atoms with Gasteiger partial charge in [-0.3, -0.25) is 0 Å². The van der Waals surface area contributed by atoms with Crippen LogP contribution in [0.5, 0.6) is 5.75 Å². The number of aliphatic imine (C=N–C) groups is 2. The molecule has 0 spiro atoms. The van der Waals surface area contributed by atoms with Crippen LogP contribution in [-0.2, 0) is 9.59 Å². The standard InChI is InChI=1S/C19H16N2O3/c1-2-3-9-24-17-8-7-13-5-4-6-14-15(20-11-22)10-16(21-12-23)19(17)18(13)14/h4-8,10,15H,2-3,9H2,1H3. The first kappa shape index (κ1) is 15.9. The fourth-order valence-electron chi connectivity index (χ4n) is 2.96. The van der Waals surface area contributed by atoms with E-state index in [1.54, 1.807) is 18.2 Å². The molecule has 3 rings (SSSR count). The van der Waals surface area contributed by atoms with Gasteiger partial charge in [0.05, 0.1) is 17.9 Å². The summed E-state index contributed by atoms with van der Waals surface area (Å²) in [6.07, 6.45) is 6.80. The molecular formula is C19H16N2O3. The van der Waals surface area contributed by atoms with E-state index in [2.05, 4.69) is 16.9 Å². The Labute approximate surface area is 139 Å². The highest BCUT2D eigenvalue weighted by atomic mass is 16.5. The van der Waals surface area contributed by atoms with Crippen molar-refractivity contribution < 1.29 is 14.3 Å². The summed E-state index contributed by atoms with van der Waals surface area (Å²) in [6.45, 7) is 2.68. The van der Waals surface area contributed by atoms with Gasteiger partial charge in [-0.05, 0) is 29.5 Å².